The van der Waals surface area contributed by atoms with Gasteiger partial charge in [-0.15, -0.1) is 0 Å². The minimum Gasteiger partial charge on any atom is -0.385 e. The summed E-state index contributed by atoms with van der Waals surface area (Å²) in [7, 11) is 3.49. The largest absolute Gasteiger partial charge is 0.385 e. The Labute approximate surface area is 140 Å². The van der Waals surface area contributed by atoms with Gasteiger partial charge in [0.25, 0.3) is 0 Å². The fourth-order valence-electron chi connectivity index (χ4n) is 1.96. The van der Waals surface area contributed by atoms with E-state index in [1.807, 2.05) is 0 Å². The van der Waals surface area contributed by atoms with E-state index >= 15 is 0 Å². The van der Waals surface area contributed by atoms with Gasteiger partial charge in [-0.1, -0.05) is 24.3 Å². The molecule has 0 bridgehead atoms. The van der Waals surface area contributed by atoms with Gasteiger partial charge in [-0.25, -0.2) is 0 Å². The molecule has 0 aliphatic carbocycles. The molecule has 0 saturated heterocycles. The van der Waals surface area contributed by atoms with Gasteiger partial charge < -0.3 is 20.1 Å². The molecule has 0 radical (unpaired) electrons. The molecule has 0 atom stereocenters. The number of aliphatic imine (C=N–C) groups is 1. The highest BCUT2D eigenvalue weighted by Crippen LogP contribution is 2.13. The average Bonchev–Trinajstić information content (AvgIpc) is 2.52. The van der Waals surface area contributed by atoms with Crippen molar-refractivity contribution in [2.75, 3.05) is 27.3 Å². The third-order valence-corrected chi connectivity index (χ3v) is 3.16. The van der Waals surface area contributed by atoms with E-state index in [1.165, 1.54) is 11.1 Å². The molecule has 1 rings (SSSR count). The number of rotatable bonds is 8. The first kappa shape index (κ1) is 19.5. The summed E-state index contributed by atoms with van der Waals surface area (Å²) in [6.07, 6.45) is 0.955. The molecule has 130 valence electrons. The van der Waals surface area contributed by atoms with Crippen molar-refractivity contribution in [1.29, 1.82) is 0 Å². The molecule has 0 amide bonds. The molecule has 0 aromatic heterocycles. The molecule has 1 aromatic rings. The van der Waals surface area contributed by atoms with Crippen molar-refractivity contribution < 1.29 is 9.47 Å². The number of nitrogens with one attached hydrogen (secondary N) is 2. The molecule has 0 heterocycles. The quantitative estimate of drug-likeness (QED) is 0.439. The maximum absolute atomic E-state index is 5.82. The first-order chi connectivity index (χ1) is 10.9. The van der Waals surface area contributed by atoms with Gasteiger partial charge in [0.1, 0.15) is 0 Å². The van der Waals surface area contributed by atoms with Crippen molar-refractivity contribution in [3.8, 4) is 0 Å². The summed E-state index contributed by atoms with van der Waals surface area (Å²) in [5, 5.41) is 6.59. The lowest BCUT2D eigenvalue weighted by molar-refractivity contribution is -0.0149. The van der Waals surface area contributed by atoms with Crippen molar-refractivity contribution in [2.45, 2.75) is 45.9 Å². The first-order valence-electron chi connectivity index (χ1n) is 8.10. The van der Waals surface area contributed by atoms with E-state index in [2.05, 4.69) is 60.7 Å². The van der Waals surface area contributed by atoms with Crippen LogP contribution < -0.4 is 10.6 Å². The second-order valence-corrected chi connectivity index (χ2v) is 6.42. The molecule has 0 aliphatic heterocycles. The third-order valence-electron chi connectivity index (χ3n) is 3.16. The number of benzene rings is 1. The van der Waals surface area contributed by atoms with Crippen LogP contribution in [0.15, 0.2) is 29.3 Å². The summed E-state index contributed by atoms with van der Waals surface area (Å²) in [5.74, 6) is 0.803. The topological polar surface area (TPSA) is 54.9 Å². The fraction of sp³-hybridized carbons (Fsp3) is 0.611. The predicted octanol–water partition coefficient (Wildman–Crippen LogP) is 2.70. The third kappa shape index (κ3) is 9.21. The monoisotopic (exact) mass is 321 g/mol. The summed E-state index contributed by atoms with van der Waals surface area (Å²) in [5.41, 5.74) is 2.27. The summed E-state index contributed by atoms with van der Waals surface area (Å²) >= 11 is 0. The van der Waals surface area contributed by atoms with Gasteiger partial charge in [0, 0.05) is 33.9 Å². The fourth-order valence-corrected chi connectivity index (χ4v) is 1.96. The zero-order chi connectivity index (χ0) is 17.1. The van der Waals surface area contributed by atoms with Crippen LogP contribution in [0.25, 0.3) is 0 Å². The van der Waals surface area contributed by atoms with Crippen molar-refractivity contribution in [3.63, 3.8) is 0 Å². The smallest absolute Gasteiger partial charge is 0.191 e. The van der Waals surface area contributed by atoms with E-state index in [-0.39, 0.29) is 5.60 Å². The Balaban J connectivity index is 2.44. The van der Waals surface area contributed by atoms with Crippen LogP contribution in [-0.2, 0) is 22.6 Å². The van der Waals surface area contributed by atoms with Crippen LogP contribution in [0.4, 0.5) is 0 Å². The molecule has 0 spiro atoms. The Kier molecular flexibility index (Phi) is 8.66. The second kappa shape index (κ2) is 10.2. The standard InChI is InChI=1S/C18H31N3O2/c1-18(2,3)23-14-16-9-6-8-15(12-16)13-21-17(19-4)20-10-7-11-22-5/h6,8-9,12H,7,10-11,13-14H2,1-5H3,(H2,19,20,21). The molecular weight excluding hydrogens is 290 g/mol. The van der Waals surface area contributed by atoms with Crippen LogP contribution in [0.3, 0.4) is 0 Å². The number of hydrogen-bond acceptors (Lipinski definition) is 3. The lowest BCUT2D eigenvalue weighted by Crippen LogP contribution is -2.37. The first-order valence-corrected chi connectivity index (χ1v) is 8.10. The number of guanidine groups is 1. The zero-order valence-corrected chi connectivity index (χ0v) is 15.1. The molecule has 5 nitrogen and oxygen atoms in total. The van der Waals surface area contributed by atoms with Gasteiger partial charge in [0.2, 0.25) is 0 Å². The van der Waals surface area contributed by atoms with Gasteiger partial charge in [-0.05, 0) is 38.3 Å². The summed E-state index contributed by atoms with van der Waals surface area (Å²) in [6.45, 7) is 9.15. The second-order valence-electron chi connectivity index (χ2n) is 6.42. The van der Waals surface area contributed by atoms with E-state index in [9.17, 15) is 0 Å². The summed E-state index contributed by atoms with van der Waals surface area (Å²) < 4.78 is 10.9. The SMILES string of the molecule is CN=C(NCCCOC)NCc1cccc(COC(C)(C)C)c1. The van der Waals surface area contributed by atoms with E-state index in [0.717, 1.165) is 32.1 Å². The highest BCUT2D eigenvalue weighted by atomic mass is 16.5. The van der Waals surface area contributed by atoms with Crippen LogP contribution in [0.1, 0.15) is 38.3 Å². The number of methoxy groups -OCH3 is 1. The van der Waals surface area contributed by atoms with E-state index in [4.69, 9.17) is 9.47 Å². The van der Waals surface area contributed by atoms with Crippen molar-refractivity contribution in [3.05, 3.63) is 35.4 Å². The molecule has 0 aliphatic rings. The van der Waals surface area contributed by atoms with Crippen LogP contribution in [0.5, 0.6) is 0 Å². The van der Waals surface area contributed by atoms with Crippen LogP contribution >= 0.6 is 0 Å². The van der Waals surface area contributed by atoms with E-state index in [0.29, 0.717) is 6.61 Å². The Morgan fingerprint density at radius 2 is 1.91 bits per heavy atom. The lowest BCUT2D eigenvalue weighted by atomic mass is 10.1. The van der Waals surface area contributed by atoms with E-state index in [1.54, 1.807) is 14.2 Å². The minimum absolute atomic E-state index is 0.123. The molecular formula is C18H31N3O2. The van der Waals surface area contributed by atoms with Crippen molar-refractivity contribution >= 4 is 5.96 Å². The minimum atomic E-state index is -0.123. The molecule has 5 heteroatoms. The van der Waals surface area contributed by atoms with Crippen LogP contribution in [0.2, 0.25) is 0 Å². The Morgan fingerprint density at radius 3 is 2.57 bits per heavy atom. The summed E-state index contributed by atoms with van der Waals surface area (Å²) in [6, 6.07) is 8.42. The normalized spacial score (nSPS) is 12.3. The van der Waals surface area contributed by atoms with Gasteiger partial charge >= 0.3 is 0 Å². The maximum atomic E-state index is 5.82. The molecule has 0 unspecified atom stereocenters. The highest BCUT2D eigenvalue weighted by molar-refractivity contribution is 5.79. The van der Waals surface area contributed by atoms with Gasteiger partial charge in [0.05, 0.1) is 12.2 Å². The number of hydrogen-bond donors (Lipinski definition) is 2. The Hall–Kier alpha value is -1.59. The Bertz CT molecular complexity index is 481. The highest BCUT2D eigenvalue weighted by Gasteiger charge is 2.10. The lowest BCUT2D eigenvalue weighted by Gasteiger charge is -2.19. The molecule has 23 heavy (non-hydrogen) atoms. The molecule has 2 N–H and O–H groups in total. The van der Waals surface area contributed by atoms with Gasteiger partial charge in [-0.3, -0.25) is 4.99 Å². The predicted molar refractivity (Wildman–Crippen MR) is 95.7 cm³/mol. The zero-order valence-electron chi connectivity index (χ0n) is 15.1. The molecule has 0 saturated carbocycles. The van der Waals surface area contributed by atoms with Gasteiger partial charge in [-0.2, -0.15) is 0 Å². The van der Waals surface area contributed by atoms with Crippen molar-refractivity contribution in [2.24, 2.45) is 4.99 Å². The molecule has 1 aromatic carbocycles. The van der Waals surface area contributed by atoms with Crippen molar-refractivity contribution in [1.82, 2.24) is 10.6 Å². The average molecular weight is 321 g/mol. The maximum Gasteiger partial charge on any atom is 0.191 e. The number of nitrogens with zero attached hydrogens (tertiary/aromatic N) is 1. The summed E-state index contributed by atoms with van der Waals surface area (Å²) in [4.78, 5) is 4.22. The van der Waals surface area contributed by atoms with Crippen LogP contribution in [0, 0.1) is 0 Å². The van der Waals surface area contributed by atoms with Gasteiger partial charge in [0.15, 0.2) is 5.96 Å². The Morgan fingerprint density at radius 1 is 1.17 bits per heavy atom. The van der Waals surface area contributed by atoms with E-state index < -0.39 is 0 Å². The molecule has 0 fully saturated rings. The van der Waals surface area contributed by atoms with Crippen LogP contribution in [-0.4, -0.2) is 38.9 Å². The number of ether oxygens (including phenoxy) is 2.